The van der Waals surface area contributed by atoms with Gasteiger partial charge in [-0.3, -0.25) is 0 Å². The molecule has 3 N–H and O–H groups in total. The van der Waals surface area contributed by atoms with E-state index in [0.717, 1.165) is 29.7 Å². The van der Waals surface area contributed by atoms with Crippen molar-refractivity contribution in [2.75, 3.05) is 0 Å². The first-order valence-electron chi connectivity index (χ1n) is 6.41. The lowest BCUT2D eigenvalue weighted by molar-refractivity contribution is 0.230. The lowest BCUT2D eigenvalue weighted by Gasteiger charge is -2.35. The third kappa shape index (κ3) is 1.84. The van der Waals surface area contributed by atoms with Gasteiger partial charge in [-0.05, 0) is 30.9 Å². The molecule has 1 aromatic carbocycles. The fourth-order valence-electron chi connectivity index (χ4n) is 3.00. The highest BCUT2D eigenvalue weighted by molar-refractivity contribution is 5.74. The monoisotopic (exact) mass is 229 g/mol. The van der Waals surface area contributed by atoms with E-state index >= 15 is 0 Å². The molecule has 2 aromatic rings. The van der Waals surface area contributed by atoms with E-state index in [1.54, 1.807) is 0 Å². The number of nitrogens with one attached hydrogen (secondary N) is 1. The summed E-state index contributed by atoms with van der Waals surface area (Å²) in [6.45, 7) is 2.28. The molecule has 1 aromatic heterocycles. The van der Waals surface area contributed by atoms with Crippen LogP contribution in [0.15, 0.2) is 24.3 Å². The molecule has 0 bridgehead atoms. The number of nitrogens with two attached hydrogens (primary N) is 1. The molecule has 2 unspecified atom stereocenters. The van der Waals surface area contributed by atoms with Crippen molar-refractivity contribution in [3.8, 4) is 0 Å². The van der Waals surface area contributed by atoms with Crippen LogP contribution >= 0.6 is 0 Å². The number of H-pyrrole nitrogens is 1. The molecule has 3 rings (SSSR count). The summed E-state index contributed by atoms with van der Waals surface area (Å²) >= 11 is 0. The molecule has 1 aliphatic carbocycles. The number of imidazole rings is 1. The van der Waals surface area contributed by atoms with Crippen LogP contribution in [0.25, 0.3) is 11.0 Å². The van der Waals surface area contributed by atoms with Gasteiger partial charge < -0.3 is 10.7 Å². The van der Waals surface area contributed by atoms with E-state index in [-0.39, 0.29) is 5.54 Å². The van der Waals surface area contributed by atoms with Gasteiger partial charge in [0.05, 0.1) is 16.6 Å². The lowest BCUT2D eigenvalue weighted by Crippen LogP contribution is -2.42. The summed E-state index contributed by atoms with van der Waals surface area (Å²) in [6.07, 6.45) is 4.57. The number of benzene rings is 1. The quantitative estimate of drug-likeness (QED) is 0.790. The molecule has 90 valence electrons. The van der Waals surface area contributed by atoms with Crippen molar-refractivity contribution >= 4 is 11.0 Å². The first-order chi connectivity index (χ1) is 8.17. The van der Waals surface area contributed by atoms with Crippen LogP contribution in [0.3, 0.4) is 0 Å². The van der Waals surface area contributed by atoms with E-state index in [0.29, 0.717) is 5.92 Å². The summed E-state index contributed by atoms with van der Waals surface area (Å²) in [6, 6.07) is 8.13. The van der Waals surface area contributed by atoms with E-state index in [1.165, 1.54) is 12.8 Å². The molecule has 0 spiro atoms. The summed E-state index contributed by atoms with van der Waals surface area (Å²) in [5.41, 5.74) is 8.40. The van der Waals surface area contributed by atoms with E-state index in [4.69, 9.17) is 5.73 Å². The molecule has 1 heterocycles. The fraction of sp³-hybridized carbons (Fsp3) is 0.500. The van der Waals surface area contributed by atoms with Gasteiger partial charge in [0.25, 0.3) is 0 Å². The molecule has 0 amide bonds. The molecule has 0 aliphatic heterocycles. The maximum atomic E-state index is 6.54. The standard InChI is InChI=1S/C14H19N3/c1-10-5-4-8-14(15,9-10)13-16-11-6-2-3-7-12(11)17-13/h2-3,6-7,10H,4-5,8-9,15H2,1H3,(H,16,17). The highest BCUT2D eigenvalue weighted by Gasteiger charge is 2.35. The Morgan fingerprint density at radius 3 is 3.00 bits per heavy atom. The molecule has 2 atom stereocenters. The molecule has 17 heavy (non-hydrogen) atoms. The van der Waals surface area contributed by atoms with Crippen LogP contribution in [0, 0.1) is 5.92 Å². The summed E-state index contributed by atoms with van der Waals surface area (Å²) in [5, 5.41) is 0. The van der Waals surface area contributed by atoms with Crippen LogP contribution in [0.5, 0.6) is 0 Å². The van der Waals surface area contributed by atoms with E-state index in [9.17, 15) is 0 Å². The normalized spacial score (nSPS) is 29.6. The van der Waals surface area contributed by atoms with Crippen molar-refractivity contribution in [1.29, 1.82) is 0 Å². The van der Waals surface area contributed by atoms with Crippen molar-refractivity contribution in [2.45, 2.75) is 38.1 Å². The Hall–Kier alpha value is -1.35. The number of nitrogens with zero attached hydrogens (tertiary/aromatic N) is 1. The van der Waals surface area contributed by atoms with Gasteiger partial charge in [-0.2, -0.15) is 0 Å². The summed E-state index contributed by atoms with van der Waals surface area (Å²) in [5.74, 6) is 1.66. The van der Waals surface area contributed by atoms with Gasteiger partial charge in [-0.1, -0.05) is 31.9 Å². The minimum absolute atomic E-state index is 0.253. The van der Waals surface area contributed by atoms with Crippen molar-refractivity contribution in [3.63, 3.8) is 0 Å². The molecular weight excluding hydrogens is 210 g/mol. The average Bonchev–Trinajstić information content (AvgIpc) is 2.73. The van der Waals surface area contributed by atoms with Crippen molar-refractivity contribution in [3.05, 3.63) is 30.1 Å². The first kappa shape index (κ1) is 10.8. The van der Waals surface area contributed by atoms with Crippen LogP contribution in [0.4, 0.5) is 0 Å². The van der Waals surface area contributed by atoms with Crippen LogP contribution in [-0.2, 0) is 5.54 Å². The maximum Gasteiger partial charge on any atom is 0.127 e. The molecule has 1 aliphatic rings. The average molecular weight is 229 g/mol. The largest absolute Gasteiger partial charge is 0.340 e. The van der Waals surface area contributed by atoms with Gasteiger partial charge in [-0.15, -0.1) is 0 Å². The second-order valence-electron chi connectivity index (χ2n) is 5.46. The molecule has 1 fully saturated rings. The van der Waals surface area contributed by atoms with E-state index in [2.05, 4.69) is 23.0 Å². The number of aromatic amines is 1. The predicted octanol–water partition coefficient (Wildman–Crippen LogP) is 2.93. The zero-order valence-corrected chi connectivity index (χ0v) is 10.2. The number of aromatic nitrogens is 2. The topological polar surface area (TPSA) is 54.7 Å². The second-order valence-corrected chi connectivity index (χ2v) is 5.46. The van der Waals surface area contributed by atoms with Crippen molar-refractivity contribution in [1.82, 2.24) is 9.97 Å². The Morgan fingerprint density at radius 2 is 2.24 bits per heavy atom. The molecule has 1 saturated carbocycles. The zero-order valence-electron chi connectivity index (χ0n) is 10.2. The fourth-order valence-corrected chi connectivity index (χ4v) is 3.00. The van der Waals surface area contributed by atoms with Crippen molar-refractivity contribution < 1.29 is 0 Å². The number of rotatable bonds is 1. The minimum atomic E-state index is -0.253. The number of hydrogen-bond acceptors (Lipinski definition) is 2. The maximum absolute atomic E-state index is 6.54. The Balaban J connectivity index is 2.02. The molecular formula is C14H19N3. The minimum Gasteiger partial charge on any atom is -0.340 e. The smallest absolute Gasteiger partial charge is 0.127 e. The van der Waals surface area contributed by atoms with E-state index in [1.807, 2.05) is 18.2 Å². The van der Waals surface area contributed by atoms with Crippen LogP contribution < -0.4 is 5.73 Å². The Labute approximate surface area is 101 Å². The van der Waals surface area contributed by atoms with Gasteiger partial charge in [0.1, 0.15) is 5.82 Å². The van der Waals surface area contributed by atoms with Crippen molar-refractivity contribution in [2.24, 2.45) is 11.7 Å². The first-order valence-corrected chi connectivity index (χ1v) is 6.41. The molecule has 3 heteroatoms. The predicted molar refractivity (Wildman–Crippen MR) is 69.6 cm³/mol. The highest BCUT2D eigenvalue weighted by Crippen LogP contribution is 2.37. The lowest BCUT2D eigenvalue weighted by atomic mass is 9.76. The van der Waals surface area contributed by atoms with Crippen LogP contribution in [-0.4, -0.2) is 9.97 Å². The summed E-state index contributed by atoms with van der Waals surface area (Å²) in [4.78, 5) is 8.05. The van der Waals surface area contributed by atoms with Gasteiger partial charge >= 0.3 is 0 Å². The summed E-state index contributed by atoms with van der Waals surface area (Å²) in [7, 11) is 0. The van der Waals surface area contributed by atoms with Gasteiger partial charge in [0, 0.05) is 0 Å². The highest BCUT2D eigenvalue weighted by atomic mass is 15.0. The number of hydrogen-bond donors (Lipinski definition) is 2. The summed E-state index contributed by atoms with van der Waals surface area (Å²) < 4.78 is 0. The third-order valence-corrected chi connectivity index (χ3v) is 3.89. The van der Waals surface area contributed by atoms with Crippen LogP contribution in [0.1, 0.15) is 38.4 Å². The molecule has 0 saturated heterocycles. The number of para-hydroxylation sites is 2. The molecule has 3 nitrogen and oxygen atoms in total. The number of fused-ring (bicyclic) bond motifs is 1. The van der Waals surface area contributed by atoms with Gasteiger partial charge in [0.2, 0.25) is 0 Å². The Bertz CT molecular complexity index is 498. The van der Waals surface area contributed by atoms with E-state index < -0.39 is 0 Å². The third-order valence-electron chi connectivity index (χ3n) is 3.89. The SMILES string of the molecule is CC1CCCC(N)(c2nc3ccccc3[nH]2)C1. The Morgan fingerprint density at radius 1 is 1.41 bits per heavy atom. The second kappa shape index (κ2) is 3.84. The Kier molecular flexibility index (Phi) is 2.44. The van der Waals surface area contributed by atoms with Gasteiger partial charge in [-0.25, -0.2) is 4.98 Å². The molecule has 0 radical (unpaired) electrons. The zero-order chi connectivity index (χ0) is 11.9. The van der Waals surface area contributed by atoms with Crippen LogP contribution in [0.2, 0.25) is 0 Å². The van der Waals surface area contributed by atoms with Gasteiger partial charge in [0.15, 0.2) is 0 Å².